The van der Waals surface area contributed by atoms with Crippen molar-refractivity contribution in [3.8, 4) is 11.5 Å². The number of benzene rings is 1. The summed E-state index contributed by atoms with van der Waals surface area (Å²) in [7, 11) is 0. The molecule has 2 heterocycles. The van der Waals surface area contributed by atoms with Crippen LogP contribution in [0.25, 0.3) is 11.5 Å². The van der Waals surface area contributed by atoms with Gasteiger partial charge in [0.25, 0.3) is 5.91 Å². The van der Waals surface area contributed by atoms with E-state index in [9.17, 15) is 9.59 Å². The molecule has 1 aliphatic heterocycles. The predicted molar refractivity (Wildman–Crippen MR) is 84.6 cm³/mol. The van der Waals surface area contributed by atoms with E-state index >= 15 is 0 Å². The van der Waals surface area contributed by atoms with E-state index in [1.165, 1.54) is 0 Å². The number of carboxylic acid groups (broad SMARTS) is 1. The van der Waals surface area contributed by atoms with Gasteiger partial charge in [-0.2, -0.15) is 0 Å². The molecule has 3 rings (SSSR count). The molecule has 2 aromatic rings. The molecule has 24 heavy (non-hydrogen) atoms. The largest absolute Gasteiger partial charge is 0.481 e. The summed E-state index contributed by atoms with van der Waals surface area (Å²) in [6.45, 7) is 2.66. The van der Waals surface area contributed by atoms with Crippen molar-refractivity contribution in [3.63, 3.8) is 0 Å². The number of oxazole rings is 1. The Morgan fingerprint density at radius 3 is 2.79 bits per heavy atom. The molecular weight excluding hydrogens is 312 g/mol. The molecular formula is C17H18N2O5. The van der Waals surface area contributed by atoms with Gasteiger partial charge in [-0.05, 0) is 19.1 Å². The molecule has 1 atom stereocenters. The summed E-state index contributed by atoms with van der Waals surface area (Å²) in [6.07, 6.45) is -0.633. The molecule has 1 amide bonds. The lowest BCUT2D eigenvalue weighted by atomic mass is 10.2. The van der Waals surface area contributed by atoms with Crippen LogP contribution in [0.2, 0.25) is 0 Å². The number of aryl methyl sites for hydroxylation is 1. The van der Waals surface area contributed by atoms with Gasteiger partial charge in [0.1, 0.15) is 0 Å². The number of carbonyl (C=O) groups is 2. The standard InChI is InChI=1S/C17H18N2O5/c1-11-15(24-16(18-11)12-5-3-2-4-6-12)17(22)19-7-8-23-13(10-19)9-14(20)21/h2-6,13H,7-10H2,1H3,(H,20,21). The second-order valence-electron chi connectivity index (χ2n) is 5.64. The van der Waals surface area contributed by atoms with Gasteiger partial charge in [0.2, 0.25) is 11.7 Å². The van der Waals surface area contributed by atoms with Crippen LogP contribution in [-0.4, -0.2) is 52.7 Å². The highest BCUT2D eigenvalue weighted by Crippen LogP contribution is 2.23. The van der Waals surface area contributed by atoms with Crippen LogP contribution in [0.15, 0.2) is 34.7 Å². The normalized spacial score (nSPS) is 17.7. The average Bonchev–Trinajstić information content (AvgIpc) is 2.96. The third-order valence-electron chi connectivity index (χ3n) is 3.84. The molecule has 1 aromatic carbocycles. The van der Waals surface area contributed by atoms with Crippen LogP contribution >= 0.6 is 0 Å². The number of rotatable bonds is 4. The van der Waals surface area contributed by atoms with Gasteiger partial charge < -0.3 is 19.2 Å². The van der Waals surface area contributed by atoms with Gasteiger partial charge in [0.15, 0.2) is 0 Å². The molecule has 0 radical (unpaired) electrons. The van der Waals surface area contributed by atoms with Crippen LogP contribution in [-0.2, 0) is 9.53 Å². The van der Waals surface area contributed by atoms with Gasteiger partial charge in [-0.1, -0.05) is 18.2 Å². The van der Waals surface area contributed by atoms with Gasteiger partial charge >= 0.3 is 5.97 Å². The second kappa shape index (κ2) is 6.84. The van der Waals surface area contributed by atoms with Gasteiger partial charge in [0.05, 0.1) is 24.8 Å². The summed E-state index contributed by atoms with van der Waals surface area (Å²) in [5.74, 6) is -0.658. The van der Waals surface area contributed by atoms with Crippen molar-refractivity contribution in [2.24, 2.45) is 0 Å². The fraction of sp³-hybridized carbons (Fsp3) is 0.353. The first-order valence-electron chi connectivity index (χ1n) is 7.70. The Morgan fingerprint density at radius 1 is 1.33 bits per heavy atom. The average molecular weight is 330 g/mol. The first kappa shape index (κ1) is 16.2. The lowest BCUT2D eigenvalue weighted by Crippen LogP contribution is -2.46. The molecule has 126 valence electrons. The van der Waals surface area contributed by atoms with Crippen molar-refractivity contribution < 1.29 is 23.8 Å². The highest BCUT2D eigenvalue weighted by molar-refractivity contribution is 5.93. The molecule has 7 nitrogen and oxygen atoms in total. The van der Waals surface area contributed by atoms with E-state index in [-0.39, 0.29) is 24.6 Å². The van der Waals surface area contributed by atoms with Gasteiger partial charge in [-0.25, -0.2) is 4.98 Å². The minimum atomic E-state index is -0.948. The SMILES string of the molecule is Cc1nc(-c2ccccc2)oc1C(=O)N1CCOC(CC(=O)O)C1. The van der Waals surface area contributed by atoms with Crippen molar-refractivity contribution in [2.45, 2.75) is 19.4 Å². The summed E-state index contributed by atoms with van der Waals surface area (Å²) >= 11 is 0. The lowest BCUT2D eigenvalue weighted by molar-refractivity contribution is -0.141. The minimum absolute atomic E-state index is 0.131. The molecule has 0 aliphatic carbocycles. The molecule has 1 unspecified atom stereocenters. The zero-order valence-electron chi connectivity index (χ0n) is 13.3. The summed E-state index contributed by atoms with van der Waals surface area (Å²) < 4.78 is 11.1. The quantitative estimate of drug-likeness (QED) is 0.921. The van der Waals surface area contributed by atoms with Crippen LogP contribution in [0.3, 0.4) is 0 Å². The Hall–Kier alpha value is -2.67. The van der Waals surface area contributed by atoms with E-state index in [4.69, 9.17) is 14.3 Å². The van der Waals surface area contributed by atoms with Crippen molar-refractivity contribution in [3.05, 3.63) is 41.8 Å². The molecule has 1 fully saturated rings. The number of carboxylic acids is 1. The minimum Gasteiger partial charge on any atom is -0.481 e. The fourth-order valence-electron chi connectivity index (χ4n) is 2.66. The highest BCUT2D eigenvalue weighted by Gasteiger charge is 2.30. The molecule has 1 aromatic heterocycles. The van der Waals surface area contributed by atoms with Crippen LogP contribution in [0.5, 0.6) is 0 Å². The number of aromatic nitrogens is 1. The topological polar surface area (TPSA) is 92.9 Å². The van der Waals surface area contributed by atoms with E-state index in [1.54, 1.807) is 11.8 Å². The van der Waals surface area contributed by atoms with Crippen molar-refractivity contribution >= 4 is 11.9 Å². The summed E-state index contributed by atoms with van der Waals surface area (Å²) in [6, 6.07) is 9.35. The Labute approximate surface area is 138 Å². The maximum Gasteiger partial charge on any atom is 0.306 e. The number of hydrogen-bond acceptors (Lipinski definition) is 5. The third kappa shape index (κ3) is 3.46. The Kier molecular flexibility index (Phi) is 4.61. The van der Waals surface area contributed by atoms with E-state index in [0.29, 0.717) is 24.7 Å². The summed E-state index contributed by atoms with van der Waals surface area (Å²) in [4.78, 5) is 29.4. The van der Waals surface area contributed by atoms with E-state index in [2.05, 4.69) is 4.98 Å². The Morgan fingerprint density at radius 2 is 2.08 bits per heavy atom. The third-order valence-corrected chi connectivity index (χ3v) is 3.84. The van der Waals surface area contributed by atoms with Crippen LogP contribution in [0.4, 0.5) is 0 Å². The number of morpholine rings is 1. The zero-order chi connectivity index (χ0) is 17.1. The zero-order valence-corrected chi connectivity index (χ0v) is 13.3. The number of hydrogen-bond donors (Lipinski definition) is 1. The van der Waals surface area contributed by atoms with Crippen molar-refractivity contribution in [1.29, 1.82) is 0 Å². The fourth-order valence-corrected chi connectivity index (χ4v) is 2.66. The summed E-state index contributed by atoms with van der Waals surface area (Å²) in [5.41, 5.74) is 1.31. The number of ether oxygens (including phenoxy) is 1. The molecule has 0 bridgehead atoms. The Balaban J connectivity index is 1.77. The molecule has 1 aliphatic rings. The smallest absolute Gasteiger partial charge is 0.306 e. The lowest BCUT2D eigenvalue weighted by Gasteiger charge is -2.31. The monoisotopic (exact) mass is 330 g/mol. The van der Waals surface area contributed by atoms with Gasteiger partial charge in [-0.15, -0.1) is 0 Å². The highest BCUT2D eigenvalue weighted by atomic mass is 16.5. The number of nitrogens with zero attached hydrogens (tertiary/aromatic N) is 2. The van der Waals surface area contributed by atoms with Crippen LogP contribution in [0, 0.1) is 6.92 Å². The maximum atomic E-state index is 12.7. The number of amides is 1. The van der Waals surface area contributed by atoms with Crippen molar-refractivity contribution in [2.75, 3.05) is 19.7 Å². The maximum absolute atomic E-state index is 12.7. The van der Waals surface area contributed by atoms with Gasteiger partial charge in [-0.3, -0.25) is 9.59 Å². The summed E-state index contributed by atoms with van der Waals surface area (Å²) in [5, 5.41) is 8.87. The van der Waals surface area contributed by atoms with Crippen LogP contribution in [0.1, 0.15) is 22.7 Å². The van der Waals surface area contributed by atoms with E-state index in [1.807, 2.05) is 30.3 Å². The molecule has 0 spiro atoms. The number of aliphatic carboxylic acids is 1. The van der Waals surface area contributed by atoms with Gasteiger partial charge in [0, 0.05) is 18.7 Å². The Bertz CT molecular complexity index is 741. The first-order valence-corrected chi connectivity index (χ1v) is 7.70. The van der Waals surface area contributed by atoms with Crippen molar-refractivity contribution in [1.82, 2.24) is 9.88 Å². The number of carbonyl (C=O) groups excluding carboxylic acids is 1. The molecule has 1 N–H and O–H groups in total. The molecule has 1 saturated heterocycles. The predicted octanol–water partition coefficient (Wildman–Crippen LogP) is 1.97. The second-order valence-corrected chi connectivity index (χ2v) is 5.64. The molecule has 0 saturated carbocycles. The van der Waals surface area contributed by atoms with E-state index < -0.39 is 12.1 Å². The first-order chi connectivity index (χ1) is 11.5. The molecule has 7 heteroatoms. The van der Waals surface area contributed by atoms with E-state index in [0.717, 1.165) is 5.56 Å². The van der Waals surface area contributed by atoms with Crippen LogP contribution < -0.4 is 0 Å².